The number of imidazole rings is 1. The molecule has 6 heteroatoms. The Morgan fingerprint density at radius 1 is 1.62 bits per heavy atom. The van der Waals surface area contributed by atoms with Gasteiger partial charge in [0.2, 0.25) is 10.0 Å². The van der Waals surface area contributed by atoms with Crippen LogP contribution in [0.5, 0.6) is 0 Å². The quantitative estimate of drug-likeness (QED) is 0.859. The van der Waals surface area contributed by atoms with Gasteiger partial charge in [0.05, 0.1) is 5.75 Å². The van der Waals surface area contributed by atoms with Crippen LogP contribution in [0, 0.1) is 0 Å². The Hall–Kier alpha value is -0.880. The van der Waals surface area contributed by atoms with E-state index in [1.807, 2.05) is 0 Å². The average Bonchev–Trinajstić information content (AvgIpc) is 2.83. The summed E-state index contributed by atoms with van der Waals surface area (Å²) < 4.78 is 25.1. The fourth-order valence-corrected chi connectivity index (χ4v) is 3.28. The molecule has 0 radical (unpaired) electrons. The molecule has 1 aromatic rings. The van der Waals surface area contributed by atoms with Crippen molar-refractivity contribution in [3.8, 4) is 0 Å². The first-order valence-corrected chi connectivity index (χ1v) is 7.21. The molecular formula is C10H17N3O2S. The van der Waals surface area contributed by atoms with E-state index in [9.17, 15) is 8.42 Å². The van der Waals surface area contributed by atoms with Gasteiger partial charge in [-0.25, -0.2) is 17.7 Å². The van der Waals surface area contributed by atoms with Crippen LogP contribution in [0.4, 0.5) is 0 Å². The van der Waals surface area contributed by atoms with Crippen molar-refractivity contribution in [3.05, 3.63) is 18.2 Å². The van der Waals surface area contributed by atoms with Gasteiger partial charge in [-0.15, -0.1) is 0 Å². The highest BCUT2D eigenvalue weighted by atomic mass is 32.2. The lowest BCUT2D eigenvalue weighted by molar-refractivity contribution is 0.310. The van der Waals surface area contributed by atoms with Crippen molar-refractivity contribution in [1.29, 1.82) is 0 Å². The summed E-state index contributed by atoms with van der Waals surface area (Å²) in [6.45, 7) is 2.89. The highest BCUT2D eigenvalue weighted by Gasteiger charge is 2.29. The molecule has 0 unspecified atom stereocenters. The van der Waals surface area contributed by atoms with E-state index in [-0.39, 0.29) is 11.7 Å². The fraction of sp³-hybridized carbons (Fsp3) is 0.700. The van der Waals surface area contributed by atoms with E-state index >= 15 is 0 Å². The van der Waals surface area contributed by atoms with Crippen LogP contribution in [0.2, 0.25) is 0 Å². The molecule has 1 aliphatic heterocycles. The molecule has 0 amide bonds. The third-order valence-corrected chi connectivity index (χ3v) is 4.90. The molecule has 2 heterocycles. The molecule has 1 aliphatic rings. The average molecular weight is 243 g/mol. The topological polar surface area (TPSA) is 66.1 Å². The van der Waals surface area contributed by atoms with Gasteiger partial charge >= 0.3 is 0 Å². The Labute approximate surface area is 95.9 Å². The molecule has 0 saturated carbocycles. The third-order valence-electron chi connectivity index (χ3n) is 3.05. The maximum Gasteiger partial charge on any atom is 0.213 e. The first-order valence-electron chi connectivity index (χ1n) is 5.60. The fourth-order valence-electron chi connectivity index (χ4n) is 2.10. The number of rotatable bonds is 3. The van der Waals surface area contributed by atoms with E-state index in [2.05, 4.69) is 9.97 Å². The number of nitrogens with one attached hydrogen (secondary N) is 1. The molecule has 2 rings (SSSR count). The standard InChI is InChI=1S/C10H17N3O2S/c1-2-16(14,15)13-7-3-4-9(8-13)10-11-5-6-12-10/h5-6,9H,2-4,7-8H2,1H3,(H,11,12)/t9-/m1/s1. The van der Waals surface area contributed by atoms with E-state index in [0.717, 1.165) is 18.7 Å². The van der Waals surface area contributed by atoms with Crippen LogP contribution in [-0.4, -0.2) is 41.5 Å². The lowest BCUT2D eigenvalue weighted by Gasteiger charge is -2.30. The minimum absolute atomic E-state index is 0.178. The van der Waals surface area contributed by atoms with E-state index in [1.54, 1.807) is 23.6 Å². The van der Waals surface area contributed by atoms with Gasteiger partial charge in [0.15, 0.2) is 0 Å². The predicted molar refractivity (Wildman–Crippen MR) is 61.6 cm³/mol. The number of aromatic amines is 1. The Morgan fingerprint density at radius 3 is 3.06 bits per heavy atom. The van der Waals surface area contributed by atoms with Crippen LogP contribution in [0.15, 0.2) is 12.4 Å². The van der Waals surface area contributed by atoms with Gasteiger partial charge in [0, 0.05) is 31.4 Å². The van der Waals surface area contributed by atoms with Crippen molar-refractivity contribution in [2.45, 2.75) is 25.7 Å². The van der Waals surface area contributed by atoms with Gasteiger partial charge in [0.25, 0.3) is 0 Å². The summed E-state index contributed by atoms with van der Waals surface area (Å²) >= 11 is 0. The molecule has 1 atom stereocenters. The van der Waals surface area contributed by atoms with E-state index in [4.69, 9.17) is 0 Å². The number of sulfonamides is 1. The molecule has 1 saturated heterocycles. The Kier molecular flexibility index (Phi) is 3.30. The van der Waals surface area contributed by atoms with Crippen molar-refractivity contribution < 1.29 is 8.42 Å². The maximum absolute atomic E-state index is 11.8. The smallest absolute Gasteiger partial charge is 0.213 e. The normalized spacial score (nSPS) is 23.4. The van der Waals surface area contributed by atoms with Crippen molar-refractivity contribution in [2.75, 3.05) is 18.8 Å². The van der Waals surface area contributed by atoms with Crippen LogP contribution < -0.4 is 0 Å². The summed E-state index contributed by atoms with van der Waals surface area (Å²) in [5.74, 6) is 1.29. The summed E-state index contributed by atoms with van der Waals surface area (Å²) in [6.07, 6.45) is 5.40. The monoisotopic (exact) mass is 243 g/mol. The molecule has 1 fully saturated rings. The second-order valence-corrected chi connectivity index (χ2v) is 6.33. The van der Waals surface area contributed by atoms with Gasteiger partial charge in [-0.3, -0.25) is 0 Å². The lowest BCUT2D eigenvalue weighted by Crippen LogP contribution is -2.40. The highest BCUT2D eigenvalue weighted by molar-refractivity contribution is 7.89. The van der Waals surface area contributed by atoms with Crippen molar-refractivity contribution in [2.24, 2.45) is 0 Å². The molecule has 1 aromatic heterocycles. The molecular weight excluding hydrogens is 226 g/mol. The first-order chi connectivity index (χ1) is 7.63. The molecule has 1 N–H and O–H groups in total. The van der Waals surface area contributed by atoms with E-state index in [1.165, 1.54) is 0 Å². The van der Waals surface area contributed by atoms with Crippen molar-refractivity contribution >= 4 is 10.0 Å². The largest absolute Gasteiger partial charge is 0.348 e. The highest BCUT2D eigenvalue weighted by Crippen LogP contribution is 2.25. The first kappa shape index (κ1) is 11.6. The number of nitrogens with zero attached hydrogens (tertiary/aromatic N) is 2. The number of hydrogen-bond acceptors (Lipinski definition) is 3. The number of hydrogen-bond donors (Lipinski definition) is 1. The molecule has 0 aromatic carbocycles. The third kappa shape index (κ3) is 2.27. The van der Waals surface area contributed by atoms with Gasteiger partial charge in [-0.1, -0.05) is 0 Å². The van der Waals surface area contributed by atoms with Crippen LogP contribution in [0.3, 0.4) is 0 Å². The predicted octanol–water partition coefficient (Wildman–Crippen LogP) is 0.939. The van der Waals surface area contributed by atoms with Gasteiger partial charge < -0.3 is 4.98 Å². The summed E-state index contributed by atoms with van der Waals surface area (Å²) in [4.78, 5) is 7.27. The minimum atomic E-state index is -3.05. The number of H-pyrrole nitrogens is 1. The Balaban J connectivity index is 2.11. The van der Waals surface area contributed by atoms with Crippen LogP contribution in [0.1, 0.15) is 31.5 Å². The molecule has 0 bridgehead atoms. The zero-order valence-corrected chi connectivity index (χ0v) is 10.2. The van der Waals surface area contributed by atoms with Crippen molar-refractivity contribution in [3.63, 3.8) is 0 Å². The van der Waals surface area contributed by atoms with Crippen molar-refractivity contribution in [1.82, 2.24) is 14.3 Å². The SMILES string of the molecule is CCS(=O)(=O)N1CCC[C@@H](c2ncc[nH]2)C1. The van der Waals surface area contributed by atoms with Crippen LogP contribution in [0.25, 0.3) is 0 Å². The van der Waals surface area contributed by atoms with Crippen LogP contribution in [-0.2, 0) is 10.0 Å². The zero-order chi connectivity index (χ0) is 11.6. The number of aromatic nitrogens is 2. The summed E-state index contributed by atoms with van der Waals surface area (Å²) in [5, 5.41) is 0. The Bertz CT molecular complexity index is 427. The van der Waals surface area contributed by atoms with Crippen LogP contribution >= 0.6 is 0 Å². The molecule has 0 aliphatic carbocycles. The molecule has 5 nitrogen and oxygen atoms in total. The molecule has 0 spiro atoms. The lowest BCUT2D eigenvalue weighted by atomic mass is 9.99. The number of piperidine rings is 1. The zero-order valence-electron chi connectivity index (χ0n) is 9.39. The summed E-state index contributed by atoms with van der Waals surface area (Å²) in [5.41, 5.74) is 0. The maximum atomic E-state index is 11.8. The summed E-state index contributed by atoms with van der Waals surface area (Å²) in [7, 11) is -3.05. The molecule has 16 heavy (non-hydrogen) atoms. The van der Waals surface area contributed by atoms with Gasteiger partial charge in [-0.05, 0) is 19.8 Å². The Morgan fingerprint density at radius 2 is 2.44 bits per heavy atom. The second kappa shape index (κ2) is 4.55. The van der Waals surface area contributed by atoms with E-state index in [0.29, 0.717) is 13.1 Å². The molecule has 90 valence electrons. The van der Waals surface area contributed by atoms with Gasteiger partial charge in [0.1, 0.15) is 5.82 Å². The van der Waals surface area contributed by atoms with Gasteiger partial charge in [-0.2, -0.15) is 0 Å². The van der Waals surface area contributed by atoms with E-state index < -0.39 is 10.0 Å². The summed E-state index contributed by atoms with van der Waals surface area (Å²) in [6, 6.07) is 0. The second-order valence-electron chi connectivity index (χ2n) is 4.07. The minimum Gasteiger partial charge on any atom is -0.348 e.